The molecule has 5 nitrogen and oxygen atoms in total. The summed E-state index contributed by atoms with van der Waals surface area (Å²) in [4.78, 5) is 16.8. The van der Waals surface area contributed by atoms with Gasteiger partial charge in [-0.25, -0.2) is 9.78 Å². The quantitative estimate of drug-likeness (QED) is 0.495. The molecule has 2 aromatic carbocycles. The molecule has 0 unspecified atom stereocenters. The summed E-state index contributed by atoms with van der Waals surface area (Å²) in [5.74, 6) is -0.404. The van der Waals surface area contributed by atoms with Gasteiger partial charge in [-0.3, -0.25) is 4.40 Å². The van der Waals surface area contributed by atoms with Crippen LogP contribution in [0.5, 0.6) is 0 Å². The Hall–Kier alpha value is -3.91. The van der Waals surface area contributed by atoms with E-state index in [1.54, 1.807) is 30.5 Å². The van der Waals surface area contributed by atoms with E-state index in [1.807, 2.05) is 47.7 Å². The fourth-order valence-corrected chi connectivity index (χ4v) is 3.17. The number of nitrogens with zero attached hydrogens (tertiary/aromatic N) is 3. The van der Waals surface area contributed by atoms with Crippen LogP contribution in [-0.2, 0) is 4.74 Å². The van der Waals surface area contributed by atoms with E-state index in [1.165, 1.54) is 12.7 Å². The monoisotopic (exact) mass is 367 g/mol. The molecule has 28 heavy (non-hydrogen) atoms. The van der Waals surface area contributed by atoms with E-state index in [-0.39, 0.29) is 0 Å². The number of methoxy groups -OCH3 is 1. The lowest BCUT2D eigenvalue weighted by molar-refractivity contribution is 0.0600. The maximum atomic E-state index is 12.0. The lowest BCUT2D eigenvalue weighted by Crippen LogP contribution is -2.03. The molecule has 0 N–H and O–H groups in total. The first kappa shape index (κ1) is 17.5. The molecule has 4 rings (SSSR count). The highest BCUT2D eigenvalue weighted by Crippen LogP contribution is 2.33. The van der Waals surface area contributed by atoms with Crippen molar-refractivity contribution >= 4 is 11.6 Å². The average Bonchev–Trinajstić information content (AvgIpc) is 3.12. The van der Waals surface area contributed by atoms with Crippen molar-refractivity contribution in [1.82, 2.24) is 9.38 Å². The predicted octanol–water partition coefficient (Wildman–Crippen LogP) is 4.64. The normalized spacial score (nSPS) is 10.6. The molecule has 0 saturated carbocycles. The van der Waals surface area contributed by atoms with Crippen molar-refractivity contribution in [3.63, 3.8) is 0 Å². The van der Waals surface area contributed by atoms with Crippen molar-refractivity contribution in [3.8, 4) is 28.6 Å². The number of aryl methyl sites for hydroxylation is 1. The lowest BCUT2D eigenvalue weighted by atomic mass is 10.0. The lowest BCUT2D eigenvalue weighted by Gasteiger charge is -2.07. The first-order valence-corrected chi connectivity index (χ1v) is 8.78. The van der Waals surface area contributed by atoms with Crippen LogP contribution in [0.2, 0.25) is 0 Å². The molecule has 0 spiro atoms. The second-order valence-corrected chi connectivity index (χ2v) is 6.50. The molecule has 0 aliphatic heterocycles. The van der Waals surface area contributed by atoms with Gasteiger partial charge in [-0.05, 0) is 31.2 Å². The molecule has 0 saturated heterocycles. The Morgan fingerprint density at radius 1 is 1.00 bits per heavy atom. The summed E-state index contributed by atoms with van der Waals surface area (Å²) in [5, 5.41) is 9.10. The van der Waals surface area contributed by atoms with Gasteiger partial charge in [-0.15, -0.1) is 0 Å². The first-order chi connectivity index (χ1) is 13.6. The molecule has 2 aromatic heterocycles. The van der Waals surface area contributed by atoms with Crippen molar-refractivity contribution in [3.05, 3.63) is 83.6 Å². The van der Waals surface area contributed by atoms with Crippen LogP contribution in [0, 0.1) is 18.3 Å². The third-order valence-electron chi connectivity index (χ3n) is 4.65. The summed E-state index contributed by atoms with van der Waals surface area (Å²) in [6.45, 7) is 2.04. The number of fused-ring (bicyclic) bond motifs is 1. The molecule has 2 heterocycles. The van der Waals surface area contributed by atoms with Crippen molar-refractivity contribution in [2.75, 3.05) is 7.11 Å². The summed E-state index contributed by atoms with van der Waals surface area (Å²) < 4.78 is 6.75. The molecule has 4 aromatic rings. The number of hydrogen-bond acceptors (Lipinski definition) is 4. The number of imidazole rings is 1. The van der Waals surface area contributed by atoms with E-state index >= 15 is 0 Å². The Morgan fingerprint density at radius 2 is 1.68 bits per heavy atom. The third kappa shape index (κ3) is 3.01. The molecule has 0 amide bonds. The SMILES string of the molecule is COC(=O)c1ccc2nc(-c3ccc(C)cc3)c(-c3ccc(C#N)cc3)n2c1. The molecule has 0 aliphatic carbocycles. The van der Waals surface area contributed by atoms with Gasteiger partial charge in [0.2, 0.25) is 0 Å². The van der Waals surface area contributed by atoms with Gasteiger partial charge in [0.1, 0.15) is 5.65 Å². The average molecular weight is 367 g/mol. The van der Waals surface area contributed by atoms with Gasteiger partial charge in [0.15, 0.2) is 0 Å². The second kappa shape index (κ2) is 7.01. The van der Waals surface area contributed by atoms with Gasteiger partial charge in [0.05, 0.1) is 35.7 Å². The minimum Gasteiger partial charge on any atom is -0.465 e. The second-order valence-electron chi connectivity index (χ2n) is 6.50. The zero-order chi connectivity index (χ0) is 19.7. The Bertz CT molecular complexity index is 1210. The number of pyridine rings is 1. The Labute approximate surface area is 162 Å². The number of carbonyl (C=O) groups is 1. The van der Waals surface area contributed by atoms with Crippen LogP contribution < -0.4 is 0 Å². The van der Waals surface area contributed by atoms with Gasteiger partial charge in [0.25, 0.3) is 0 Å². The van der Waals surface area contributed by atoms with Crippen molar-refractivity contribution in [1.29, 1.82) is 5.26 Å². The van der Waals surface area contributed by atoms with Crippen LogP contribution in [-0.4, -0.2) is 22.5 Å². The van der Waals surface area contributed by atoms with E-state index in [2.05, 4.69) is 6.07 Å². The van der Waals surface area contributed by atoms with Crippen LogP contribution in [0.1, 0.15) is 21.5 Å². The van der Waals surface area contributed by atoms with Gasteiger partial charge in [-0.2, -0.15) is 5.26 Å². The minimum absolute atomic E-state index is 0.404. The highest BCUT2D eigenvalue weighted by atomic mass is 16.5. The van der Waals surface area contributed by atoms with E-state index in [4.69, 9.17) is 15.0 Å². The predicted molar refractivity (Wildman–Crippen MR) is 107 cm³/mol. The Balaban J connectivity index is 2.00. The van der Waals surface area contributed by atoms with E-state index < -0.39 is 5.97 Å². The van der Waals surface area contributed by atoms with Gasteiger partial charge in [0, 0.05) is 17.3 Å². The van der Waals surface area contributed by atoms with E-state index in [9.17, 15) is 4.79 Å². The number of rotatable bonds is 3. The number of ether oxygens (including phenoxy) is 1. The molecule has 136 valence electrons. The fourth-order valence-electron chi connectivity index (χ4n) is 3.17. The van der Waals surface area contributed by atoms with E-state index in [0.717, 1.165) is 28.2 Å². The highest BCUT2D eigenvalue weighted by molar-refractivity contribution is 5.90. The minimum atomic E-state index is -0.404. The van der Waals surface area contributed by atoms with Crippen LogP contribution >= 0.6 is 0 Å². The number of aromatic nitrogens is 2. The van der Waals surface area contributed by atoms with Crippen molar-refractivity contribution < 1.29 is 9.53 Å². The van der Waals surface area contributed by atoms with Gasteiger partial charge in [-0.1, -0.05) is 42.0 Å². The first-order valence-electron chi connectivity index (χ1n) is 8.78. The molecular weight excluding hydrogens is 350 g/mol. The summed E-state index contributed by atoms with van der Waals surface area (Å²) in [6.07, 6.45) is 1.74. The molecule has 5 heteroatoms. The molecule has 0 atom stereocenters. The van der Waals surface area contributed by atoms with E-state index in [0.29, 0.717) is 11.1 Å². The Morgan fingerprint density at radius 3 is 2.32 bits per heavy atom. The Kier molecular flexibility index (Phi) is 4.38. The smallest absolute Gasteiger partial charge is 0.339 e. The molecule has 0 radical (unpaired) electrons. The summed E-state index contributed by atoms with van der Waals surface area (Å²) in [5.41, 5.74) is 6.48. The van der Waals surface area contributed by atoms with Crippen LogP contribution in [0.3, 0.4) is 0 Å². The van der Waals surface area contributed by atoms with Gasteiger partial charge >= 0.3 is 5.97 Å². The maximum Gasteiger partial charge on any atom is 0.339 e. The standard InChI is InChI=1S/C23H17N3O2/c1-15-3-7-17(8-4-15)21-22(18-9-5-16(13-24)6-10-18)26-14-19(23(27)28-2)11-12-20(26)25-21/h3-12,14H,1-2H3. The van der Waals surface area contributed by atoms with Crippen molar-refractivity contribution in [2.24, 2.45) is 0 Å². The topological polar surface area (TPSA) is 67.4 Å². The van der Waals surface area contributed by atoms with Gasteiger partial charge < -0.3 is 4.74 Å². The fraction of sp³-hybridized carbons (Fsp3) is 0.0870. The number of carbonyl (C=O) groups excluding carboxylic acids is 1. The summed E-state index contributed by atoms with van der Waals surface area (Å²) in [7, 11) is 1.36. The molecule has 0 fully saturated rings. The highest BCUT2D eigenvalue weighted by Gasteiger charge is 2.17. The number of hydrogen-bond donors (Lipinski definition) is 0. The number of nitriles is 1. The zero-order valence-electron chi connectivity index (χ0n) is 15.5. The number of esters is 1. The van der Waals surface area contributed by atoms with Crippen LogP contribution in [0.25, 0.3) is 28.2 Å². The largest absolute Gasteiger partial charge is 0.465 e. The van der Waals surface area contributed by atoms with Crippen molar-refractivity contribution in [2.45, 2.75) is 6.92 Å². The zero-order valence-corrected chi connectivity index (χ0v) is 15.5. The maximum absolute atomic E-state index is 12.0. The molecular formula is C23H17N3O2. The third-order valence-corrected chi connectivity index (χ3v) is 4.65. The summed E-state index contributed by atoms with van der Waals surface area (Å²) >= 11 is 0. The molecule has 0 bridgehead atoms. The van der Waals surface area contributed by atoms with Crippen LogP contribution in [0.4, 0.5) is 0 Å². The molecule has 0 aliphatic rings. The summed E-state index contributed by atoms with van der Waals surface area (Å²) in [6, 6.07) is 21.1. The van der Waals surface area contributed by atoms with Crippen LogP contribution in [0.15, 0.2) is 66.9 Å². The number of benzene rings is 2.